The number of rotatable bonds is 7. The second-order valence-electron chi connectivity index (χ2n) is 11.5. The third-order valence-corrected chi connectivity index (χ3v) is 7.32. The van der Waals surface area contributed by atoms with Gasteiger partial charge in [0.1, 0.15) is 5.71 Å². The van der Waals surface area contributed by atoms with Crippen LogP contribution in [0.5, 0.6) is 0 Å². The lowest BCUT2D eigenvalue weighted by Gasteiger charge is -2.39. The minimum absolute atomic E-state index is 0.00551. The van der Waals surface area contributed by atoms with Gasteiger partial charge >= 0.3 is 5.97 Å². The van der Waals surface area contributed by atoms with Gasteiger partial charge in [-0.1, -0.05) is 69.4 Å². The molecule has 2 aromatic rings. The number of anilines is 2. The first-order valence-corrected chi connectivity index (χ1v) is 13.5. The summed E-state index contributed by atoms with van der Waals surface area (Å²) in [6.45, 7) is 4.96. The van der Waals surface area contributed by atoms with Crippen LogP contribution in [-0.2, 0) is 14.3 Å². The molecular formula is C30H38N4O5. The number of nitrogens with one attached hydrogen (secondary N) is 1. The molecule has 4 rings (SSSR count). The number of benzene rings is 2. The smallest absolute Gasteiger partial charge is 0.337 e. The van der Waals surface area contributed by atoms with Crippen molar-refractivity contribution >= 4 is 34.7 Å². The number of carbonyl (C=O) groups excluding carboxylic acids is 3. The van der Waals surface area contributed by atoms with Crippen LogP contribution in [0.15, 0.2) is 53.6 Å². The number of carbonyl (C=O) groups is 3. The first kappa shape index (κ1) is 28.4. The van der Waals surface area contributed by atoms with E-state index in [1.807, 2.05) is 45.0 Å². The third-order valence-electron chi connectivity index (χ3n) is 7.32. The van der Waals surface area contributed by atoms with Crippen molar-refractivity contribution in [3.63, 3.8) is 0 Å². The second-order valence-corrected chi connectivity index (χ2v) is 11.5. The zero-order chi connectivity index (χ0) is 28.2. The summed E-state index contributed by atoms with van der Waals surface area (Å²) in [6.07, 6.45) is 5.14. The number of hydrogen-bond acceptors (Lipinski definition) is 7. The Kier molecular flexibility index (Phi) is 8.51. The van der Waals surface area contributed by atoms with Gasteiger partial charge in [-0.05, 0) is 37.1 Å². The number of nitrogens with zero attached hydrogens (tertiary/aromatic N) is 3. The van der Waals surface area contributed by atoms with Gasteiger partial charge in [-0.3, -0.25) is 9.59 Å². The number of quaternary nitrogens is 1. The van der Waals surface area contributed by atoms with E-state index < -0.39 is 28.6 Å². The Bertz CT molecular complexity index is 1260. The van der Waals surface area contributed by atoms with E-state index in [0.717, 1.165) is 43.4 Å². The predicted molar refractivity (Wildman–Crippen MR) is 151 cm³/mol. The van der Waals surface area contributed by atoms with E-state index in [1.54, 1.807) is 23.1 Å². The van der Waals surface area contributed by atoms with Crippen molar-refractivity contribution in [2.75, 3.05) is 37.1 Å². The van der Waals surface area contributed by atoms with Crippen molar-refractivity contribution in [2.45, 2.75) is 52.9 Å². The summed E-state index contributed by atoms with van der Waals surface area (Å²) in [6, 6.07) is 14.1. The van der Waals surface area contributed by atoms with Crippen molar-refractivity contribution in [1.29, 1.82) is 0 Å². The van der Waals surface area contributed by atoms with Crippen LogP contribution in [0, 0.1) is 16.5 Å². The maximum absolute atomic E-state index is 14.4. The van der Waals surface area contributed by atoms with E-state index in [0.29, 0.717) is 11.4 Å². The molecule has 9 nitrogen and oxygen atoms in total. The molecule has 0 bridgehead atoms. The first-order chi connectivity index (χ1) is 18.5. The van der Waals surface area contributed by atoms with Crippen LogP contribution < -0.4 is 10.2 Å². The quantitative estimate of drug-likeness (QED) is 0.300. The zero-order valence-electron chi connectivity index (χ0n) is 23.2. The molecule has 0 spiro atoms. The summed E-state index contributed by atoms with van der Waals surface area (Å²) in [7, 11) is 1.29. The summed E-state index contributed by atoms with van der Waals surface area (Å²) in [4.78, 5) is 40.0. The van der Waals surface area contributed by atoms with E-state index in [1.165, 1.54) is 13.2 Å². The van der Waals surface area contributed by atoms with Crippen molar-refractivity contribution in [3.05, 3.63) is 64.9 Å². The number of para-hydroxylation sites is 1. The molecule has 39 heavy (non-hydrogen) atoms. The predicted octanol–water partition coefficient (Wildman–Crippen LogP) is 5.10. The van der Waals surface area contributed by atoms with Gasteiger partial charge in [-0.25, -0.2) is 9.55 Å². The minimum atomic E-state index is -1.17. The molecule has 0 radical (unpaired) electrons. The van der Waals surface area contributed by atoms with Crippen molar-refractivity contribution < 1.29 is 23.9 Å². The number of ketones is 1. The topological polar surface area (TPSA) is 111 Å². The molecule has 1 saturated carbocycles. The lowest BCUT2D eigenvalue weighted by atomic mass is 9.83. The van der Waals surface area contributed by atoms with Gasteiger partial charge in [0.2, 0.25) is 0 Å². The number of amides is 1. The van der Waals surface area contributed by atoms with Crippen LogP contribution in [0.1, 0.15) is 68.8 Å². The molecule has 1 heterocycles. The van der Waals surface area contributed by atoms with Crippen LogP contribution >= 0.6 is 0 Å². The number of fused-ring (bicyclic) bond motifs is 1. The Hall–Kier alpha value is -3.56. The van der Waals surface area contributed by atoms with Crippen molar-refractivity contribution in [1.82, 2.24) is 0 Å². The molecule has 1 amide bonds. The van der Waals surface area contributed by atoms with Crippen LogP contribution in [0.3, 0.4) is 0 Å². The Morgan fingerprint density at radius 1 is 1.08 bits per heavy atom. The molecule has 208 valence electrons. The van der Waals surface area contributed by atoms with Crippen LogP contribution in [0.25, 0.3) is 0 Å². The van der Waals surface area contributed by atoms with Gasteiger partial charge in [0.25, 0.3) is 5.91 Å². The number of esters is 1. The van der Waals surface area contributed by atoms with Gasteiger partial charge in [0.15, 0.2) is 19.0 Å². The number of Topliss-reactive ketones (excluding diaryl/α,β-unsaturated/α-hetero) is 1. The van der Waals surface area contributed by atoms with Gasteiger partial charge in [-0.2, -0.15) is 0 Å². The number of methoxy groups -OCH3 is 1. The van der Waals surface area contributed by atoms with Gasteiger partial charge in [0.05, 0.1) is 24.9 Å². The van der Waals surface area contributed by atoms with Crippen LogP contribution in [0.2, 0.25) is 0 Å². The lowest BCUT2D eigenvalue weighted by molar-refractivity contribution is -0.878. The fourth-order valence-corrected chi connectivity index (χ4v) is 5.17. The maximum atomic E-state index is 14.4. The Balaban J connectivity index is 1.68. The summed E-state index contributed by atoms with van der Waals surface area (Å²) in [5.74, 6) is -0.949. The molecule has 0 saturated heterocycles. The molecule has 1 atom stereocenters. The fraction of sp³-hybridized carbons (Fsp3) is 0.467. The monoisotopic (exact) mass is 534 g/mol. The van der Waals surface area contributed by atoms with E-state index in [-0.39, 0.29) is 30.5 Å². The highest BCUT2D eigenvalue weighted by Crippen LogP contribution is 2.35. The first-order valence-electron chi connectivity index (χ1n) is 13.5. The van der Waals surface area contributed by atoms with E-state index in [2.05, 4.69) is 5.32 Å². The van der Waals surface area contributed by atoms with Crippen LogP contribution in [-0.4, -0.2) is 55.0 Å². The molecule has 1 unspecified atom stereocenters. The molecular weight excluding hydrogens is 496 g/mol. The van der Waals surface area contributed by atoms with Crippen molar-refractivity contribution in [2.24, 2.45) is 16.4 Å². The maximum Gasteiger partial charge on any atom is 0.337 e. The highest BCUT2D eigenvalue weighted by Gasteiger charge is 2.36. The Morgan fingerprint density at radius 3 is 2.49 bits per heavy atom. The molecule has 1 aliphatic heterocycles. The largest absolute Gasteiger partial charge is 0.603 e. The lowest BCUT2D eigenvalue weighted by Crippen LogP contribution is -2.51. The van der Waals surface area contributed by atoms with Crippen molar-refractivity contribution in [3.8, 4) is 0 Å². The molecule has 1 N–H and O–H groups in total. The summed E-state index contributed by atoms with van der Waals surface area (Å²) in [5, 5.41) is 21.9. The van der Waals surface area contributed by atoms with Crippen LogP contribution in [0.4, 0.5) is 11.4 Å². The average molecular weight is 535 g/mol. The average Bonchev–Trinajstić information content (AvgIpc) is 3.02. The standard InChI is InChI=1S/C30H38N4O5/c1-30(2,3)26(35)18-33-20-34(38,19-27(36)31-23-14-10-13-22(17-23)29(37)39-4)32-28(21-11-6-5-7-12-21)24-15-8-9-16-25(24)33/h8-10,13-17,21H,5-7,11-12,18-20H2,1-4H3,(H,31,36). The molecule has 9 heteroatoms. The molecule has 1 fully saturated rings. The number of ether oxygens (including phenoxy) is 1. The number of hydrogen-bond donors (Lipinski definition) is 1. The second kappa shape index (κ2) is 11.7. The molecule has 0 aromatic heterocycles. The third kappa shape index (κ3) is 6.91. The van der Waals surface area contributed by atoms with Gasteiger partial charge in [-0.15, -0.1) is 0 Å². The Morgan fingerprint density at radius 2 is 1.79 bits per heavy atom. The minimum Gasteiger partial charge on any atom is -0.603 e. The van der Waals surface area contributed by atoms with Gasteiger partial charge < -0.3 is 20.2 Å². The summed E-state index contributed by atoms with van der Waals surface area (Å²) in [5.41, 5.74) is 2.44. The molecule has 2 aliphatic rings. The SMILES string of the molecule is COC(=O)c1cccc(NC(=O)C[N+]2([O-])CN(CC(=O)C(C)(C)C)c3ccccc3C(C3CCCCC3)=N2)c1. The highest BCUT2D eigenvalue weighted by molar-refractivity contribution is 6.07. The molecule has 1 aliphatic carbocycles. The summed E-state index contributed by atoms with van der Waals surface area (Å²) < 4.78 is 3.59. The summed E-state index contributed by atoms with van der Waals surface area (Å²) >= 11 is 0. The highest BCUT2D eigenvalue weighted by atomic mass is 16.6. The number of hydroxylamine groups is 2. The van der Waals surface area contributed by atoms with E-state index in [9.17, 15) is 19.6 Å². The fourth-order valence-electron chi connectivity index (χ4n) is 5.17. The molecule has 2 aromatic carbocycles. The van der Waals surface area contributed by atoms with E-state index >= 15 is 0 Å². The normalized spacial score (nSPS) is 19.9. The van der Waals surface area contributed by atoms with Gasteiger partial charge in [0, 0.05) is 22.6 Å². The Labute approximate surface area is 230 Å². The zero-order valence-corrected chi connectivity index (χ0v) is 23.2. The van der Waals surface area contributed by atoms with E-state index in [4.69, 9.17) is 9.84 Å².